The molecule has 2 atom stereocenters. The van der Waals surface area contributed by atoms with Crippen LogP contribution in [0.5, 0.6) is 0 Å². The van der Waals surface area contributed by atoms with Gasteiger partial charge in [-0.1, -0.05) is 44.1 Å². The lowest BCUT2D eigenvalue weighted by Crippen LogP contribution is -2.38. The highest BCUT2D eigenvalue weighted by atomic mass is 35.5. The van der Waals surface area contributed by atoms with Gasteiger partial charge in [-0.25, -0.2) is 8.42 Å². The van der Waals surface area contributed by atoms with Gasteiger partial charge in [-0.15, -0.1) is 0 Å². The molecular weight excluding hydrogens is 437 g/mol. The first-order valence-electron chi connectivity index (χ1n) is 8.35. The topological polar surface area (TPSA) is 66.8 Å². The van der Waals surface area contributed by atoms with Crippen LogP contribution >= 0.6 is 23.4 Å². The van der Waals surface area contributed by atoms with Gasteiger partial charge in [0.1, 0.15) is 0 Å². The van der Waals surface area contributed by atoms with E-state index in [-0.39, 0.29) is 27.4 Å². The number of hydrogen-bond donors (Lipinski definition) is 0. The van der Waals surface area contributed by atoms with Crippen molar-refractivity contribution < 1.29 is 26.4 Å². The van der Waals surface area contributed by atoms with E-state index in [0.29, 0.717) is 0 Å². The van der Waals surface area contributed by atoms with Gasteiger partial charge in [0.05, 0.1) is 33.8 Å². The normalized spacial score (nSPS) is 26.0. The molecule has 1 aromatic rings. The smallest absolute Gasteiger partial charge is 0.314 e. The molecule has 0 radical (unpaired) electrons. The molecular formula is C17H18ClF3N2O3S2. The van der Waals surface area contributed by atoms with E-state index in [9.17, 15) is 26.4 Å². The third-order valence-electron chi connectivity index (χ3n) is 4.44. The monoisotopic (exact) mass is 454 g/mol. The van der Waals surface area contributed by atoms with Gasteiger partial charge in [-0.05, 0) is 18.2 Å². The number of fused-ring (bicyclic) bond motifs is 1. The summed E-state index contributed by atoms with van der Waals surface area (Å²) in [5.41, 5.74) is -1.71. The minimum Gasteiger partial charge on any atom is -0.314 e. The Labute approximate surface area is 170 Å². The number of hydrogen-bond acceptors (Lipinski definition) is 4. The van der Waals surface area contributed by atoms with Gasteiger partial charge in [0.25, 0.3) is 5.91 Å². The zero-order valence-electron chi connectivity index (χ0n) is 15.2. The Bertz CT molecular complexity index is 955. The van der Waals surface area contributed by atoms with Crippen LogP contribution in [0.1, 0.15) is 26.3 Å². The van der Waals surface area contributed by atoms with E-state index in [4.69, 9.17) is 11.6 Å². The first kappa shape index (κ1) is 21.4. The van der Waals surface area contributed by atoms with Crippen LogP contribution in [0.25, 0.3) is 0 Å². The van der Waals surface area contributed by atoms with Crippen molar-refractivity contribution in [2.45, 2.75) is 38.2 Å². The molecule has 5 nitrogen and oxygen atoms in total. The molecule has 2 aliphatic rings. The molecule has 2 fully saturated rings. The molecule has 0 bridgehead atoms. The quantitative estimate of drug-likeness (QED) is 0.641. The number of carbonyl (C=O) groups excluding carboxylic acids is 1. The second kappa shape index (κ2) is 6.91. The summed E-state index contributed by atoms with van der Waals surface area (Å²) in [5.74, 6) is -0.816. The summed E-state index contributed by atoms with van der Waals surface area (Å²) in [6, 6.07) is 2.20. The molecule has 1 amide bonds. The molecule has 0 aliphatic carbocycles. The fraction of sp³-hybridized carbons (Fsp3) is 0.529. The zero-order chi connectivity index (χ0) is 21.1. The van der Waals surface area contributed by atoms with Crippen molar-refractivity contribution in [2.75, 3.05) is 16.4 Å². The first-order valence-corrected chi connectivity index (χ1v) is 11.4. The minimum atomic E-state index is -4.59. The average molecular weight is 455 g/mol. The number of anilines is 1. The Hall–Kier alpha value is -1.26. The summed E-state index contributed by atoms with van der Waals surface area (Å²) in [5, 5.41) is -0.234. The highest BCUT2D eigenvalue weighted by Gasteiger charge is 2.50. The maximum atomic E-state index is 13.2. The fourth-order valence-corrected chi connectivity index (χ4v) is 7.09. The Morgan fingerprint density at radius 2 is 1.89 bits per heavy atom. The van der Waals surface area contributed by atoms with Gasteiger partial charge in [0.15, 0.2) is 15.0 Å². The summed E-state index contributed by atoms with van der Waals surface area (Å²) in [7, 11) is -3.35. The van der Waals surface area contributed by atoms with Gasteiger partial charge in [-0.2, -0.15) is 18.2 Å². The van der Waals surface area contributed by atoms with Crippen molar-refractivity contribution in [1.29, 1.82) is 0 Å². The lowest BCUT2D eigenvalue weighted by atomic mass is 9.96. The van der Waals surface area contributed by atoms with Gasteiger partial charge < -0.3 is 4.90 Å². The van der Waals surface area contributed by atoms with Crippen molar-refractivity contribution in [1.82, 2.24) is 0 Å². The van der Waals surface area contributed by atoms with Crippen LogP contribution in [0.3, 0.4) is 0 Å². The molecule has 2 heterocycles. The van der Waals surface area contributed by atoms with Crippen molar-refractivity contribution >= 4 is 50.0 Å². The highest BCUT2D eigenvalue weighted by Crippen LogP contribution is 2.45. The van der Waals surface area contributed by atoms with Crippen molar-refractivity contribution in [3.05, 3.63) is 28.8 Å². The molecule has 28 heavy (non-hydrogen) atoms. The SMILES string of the molecule is CC(C)(C)C(=O)N=C1S[C@H]2CS(=O)(=O)C[C@@H]2N1c1cc(C(F)(F)F)ccc1Cl. The number of nitrogens with zero attached hydrogens (tertiary/aromatic N) is 2. The molecule has 2 saturated heterocycles. The predicted octanol–water partition coefficient (Wildman–Crippen LogP) is 4.01. The van der Waals surface area contributed by atoms with Crippen LogP contribution in [0.4, 0.5) is 18.9 Å². The van der Waals surface area contributed by atoms with Crippen molar-refractivity contribution in [3.8, 4) is 0 Å². The minimum absolute atomic E-state index is 0.00551. The van der Waals surface area contributed by atoms with Gasteiger partial charge in [0.2, 0.25) is 0 Å². The summed E-state index contributed by atoms with van der Waals surface area (Å²) in [6.07, 6.45) is -4.59. The second-order valence-corrected chi connectivity index (χ2v) is 11.6. The lowest BCUT2D eigenvalue weighted by molar-refractivity contribution is -0.137. The number of amides is 1. The van der Waals surface area contributed by atoms with Gasteiger partial charge in [-0.3, -0.25) is 4.79 Å². The molecule has 0 saturated carbocycles. The Balaban J connectivity index is 2.13. The standard InChI is InChI=1S/C17H18ClF3N2O3S2/c1-16(2,3)14(24)22-15-23(12-7-28(25,26)8-13(12)27-15)11-6-9(17(19,20)21)4-5-10(11)18/h4-6,12-13H,7-8H2,1-3H3/t12-,13-/m0/s1. The van der Waals surface area contributed by atoms with E-state index >= 15 is 0 Å². The number of carbonyl (C=O) groups is 1. The number of alkyl halides is 3. The molecule has 154 valence electrons. The number of aliphatic imine (C=N–C) groups is 1. The largest absolute Gasteiger partial charge is 0.416 e. The van der Waals surface area contributed by atoms with Crippen molar-refractivity contribution in [2.24, 2.45) is 10.4 Å². The summed E-state index contributed by atoms with van der Waals surface area (Å²) in [4.78, 5) is 17.9. The van der Waals surface area contributed by atoms with Gasteiger partial charge in [0, 0.05) is 10.7 Å². The molecule has 0 aromatic heterocycles. The Morgan fingerprint density at radius 3 is 2.46 bits per heavy atom. The van der Waals surface area contributed by atoms with E-state index in [1.54, 1.807) is 20.8 Å². The molecule has 2 aliphatic heterocycles. The van der Waals surface area contributed by atoms with Crippen LogP contribution < -0.4 is 4.90 Å². The highest BCUT2D eigenvalue weighted by molar-refractivity contribution is 8.16. The molecule has 11 heteroatoms. The Kier molecular flexibility index (Phi) is 5.30. The fourth-order valence-electron chi connectivity index (χ4n) is 2.97. The third-order valence-corrected chi connectivity index (χ3v) is 7.97. The van der Waals surface area contributed by atoms with E-state index in [1.165, 1.54) is 4.90 Å². The number of rotatable bonds is 1. The van der Waals surface area contributed by atoms with Crippen LogP contribution in [-0.4, -0.2) is 42.3 Å². The third kappa shape index (κ3) is 4.18. The van der Waals surface area contributed by atoms with Crippen molar-refractivity contribution in [3.63, 3.8) is 0 Å². The van der Waals surface area contributed by atoms with E-state index in [0.717, 1.165) is 30.0 Å². The summed E-state index contributed by atoms with van der Waals surface area (Å²) >= 11 is 7.26. The number of sulfone groups is 1. The van der Waals surface area contributed by atoms with Gasteiger partial charge >= 0.3 is 6.18 Å². The predicted molar refractivity (Wildman–Crippen MR) is 105 cm³/mol. The maximum Gasteiger partial charge on any atom is 0.416 e. The van der Waals surface area contributed by atoms with Crippen LogP contribution in [-0.2, 0) is 20.8 Å². The van der Waals surface area contributed by atoms with Crippen LogP contribution in [0.15, 0.2) is 23.2 Å². The van der Waals surface area contributed by atoms with Crippen LogP contribution in [0.2, 0.25) is 5.02 Å². The zero-order valence-corrected chi connectivity index (χ0v) is 17.6. The summed E-state index contributed by atoms with van der Waals surface area (Å²) < 4.78 is 63.7. The number of amidine groups is 1. The first-order chi connectivity index (χ1) is 12.7. The second-order valence-electron chi connectivity index (χ2n) is 7.78. The molecule has 0 spiro atoms. The molecule has 0 unspecified atom stereocenters. The average Bonchev–Trinajstić information content (AvgIpc) is 2.97. The number of thioether (sulfide) groups is 1. The van der Waals surface area contributed by atoms with E-state index in [1.807, 2.05) is 0 Å². The van der Waals surface area contributed by atoms with Crippen LogP contribution in [0, 0.1) is 5.41 Å². The maximum absolute atomic E-state index is 13.2. The number of benzene rings is 1. The number of halogens is 4. The molecule has 3 rings (SSSR count). The Morgan fingerprint density at radius 1 is 1.25 bits per heavy atom. The molecule has 1 aromatic carbocycles. The lowest BCUT2D eigenvalue weighted by Gasteiger charge is -2.26. The van der Waals surface area contributed by atoms with E-state index < -0.39 is 44.2 Å². The van der Waals surface area contributed by atoms with E-state index in [2.05, 4.69) is 4.99 Å². The molecule has 0 N–H and O–H groups in total. The summed E-state index contributed by atoms with van der Waals surface area (Å²) in [6.45, 7) is 5.02.